The molecule has 40 heavy (non-hydrogen) atoms. The van der Waals surface area contributed by atoms with Crippen molar-refractivity contribution < 1.29 is 9.53 Å². The number of hydrogen-bond acceptors (Lipinski definition) is 4. The van der Waals surface area contributed by atoms with Crippen molar-refractivity contribution in [2.75, 3.05) is 33.3 Å². The quantitative estimate of drug-likeness (QED) is 0.306. The Bertz CT molecular complexity index is 1450. The van der Waals surface area contributed by atoms with Crippen LogP contribution in [0.1, 0.15) is 51.4 Å². The summed E-state index contributed by atoms with van der Waals surface area (Å²) in [7, 11) is 1.65. The minimum absolute atomic E-state index is 0.118. The first-order valence-electron chi connectivity index (χ1n) is 14.0. The fourth-order valence-corrected chi connectivity index (χ4v) is 5.79. The summed E-state index contributed by atoms with van der Waals surface area (Å²) in [5.41, 5.74) is 5.31. The van der Waals surface area contributed by atoms with E-state index in [1.165, 1.54) is 11.1 Å². The van der Waals surface area contributed by atoms with Crippen molar-refractivity contribution in [2.45, 2.75) is 32.9 Å². The van der Waals surface area contributed by atoms with Crippen molar-refractivity contribution in [2.24, 2.45) is 0 Å². The molecule has 3 aromatic carbocycles. The number of carbonyl (C=O) groups is 1. The highest BCUT2D eigenvalue weighted by Gasteiger charge is 2.30. The van der Waals surface area contributed by atoms with Crippen molar-refractivity contribution in [1.29, 1.82) is 0 Å². The number of aryl methyl sites for hydroxylation is 1. The number of amides is 1. The molecule has 0 atom stereocenters. The molecule has 6 nitrogen and oxygen atoms in total. The molecule has 6 heteroatoms. The molecule has 0 unspecified atom stereocenters. The van der Waals surface area contributed by atoms with Gasteiger partial charge in [-0.05, 0) is 42.2 Å². The van der Waals surface area contributed by atoms with Gasteiger partial charge in [0.2, 0.25) is 0 Å². The summed E-state index contributed by atoms with van der Waals surface area (Å²) in [5.74, 6) is 0.633. The van der Waals surface area contributed by atoms with Gasteiger partial charge in [-0.3, -0.25) is 14.5 Å². The summed E-state index contributed by atoms with van der Waals surface area (Å²) in [6.07, 6.45) is 0.595. The van der Waals surface area contributed by atoms with Gasteiger partial charge >= 0.3 is 0 Å². The monoisotopic (exact) mass is 535 g/mol. The molecule has 1 fully saturated rings. The third kappa shape index (κ3) is 5.73. The Hall–Kier alpha value is -4.16. The maximum atomic E-state index is 13.9. The van der Waals surface area contributed by atoms with Crippen LogP contribution in [0.25, 0.3) is 0 Å². The zero-order valence-electron chi connectivity index (χ0n) is 23.5. The maximum absolute atomic E-state index is 13.9. The lowest BCUT2D eigenvalue weighted by Crippen LogP contribution is -2.51. The number of piperazine rings is 1. The zero-order chi connectivity index (χ0) is 28.1. The van der Waals surface area contributed by atoms with E-state index >= 15 is 0 Å². The van der Waals surface area contributed by atoms with Crippen LogP contribution < -0.4 is 10.2 Å². The number of methoxy groups -OCH3 is 1. The lowest BCUT2D eigenvalue weighted by molar-refractivity contribution is 0.0594. The average Bonchev–Trinajstić information content (AvgIpc) is 3.00. The van der Waals surface area contributed by atoms with Gasteiger partial charge in [-0.25, -0.2) is 0 Å². The lowest BCUT2D eigenvalue weighted by atomic mass is 9.96. The highest BCUT2D eigenvalue weighted by Crippen LogP contribution is 2.30. The Morgan fingerprint density at radius 3 is 1.95 bits per heavy atom. The first kappa shape index (κ1) is 27.4. The van der Waals surface area contributed by atoms with Crippen LogP contribution in [0, 0.1) is 6.92 Å². The van der Waals surface area contributed by atoms with Crippen molar-refractivity contribution >= 4 is 5.91 Å². The van der Waals surface area contributed by atoms with Gasteiger partial charge in [-0.1, -0.05) is 79.7 Å². The highest BCUT2D eigenvalue weighted by molar-refractivity contribution is 5.95. The van der Waals surface area contributed by atoms with Crippen LogP contribution >= 0.6 is 0 Å². The van der Waals surface area contributed by atoms with Gasteiger partial charge in [0.25, 0.3) is 5.91 Å². The van der Waals surface area contributed by atoms with Crippen LogP contribution in [-0.4, -0.2) is 53.6 Å². The zero-order valence-corrected chi connectivity index (χ0v) is 23.5. The van der Waals surface area contributed by atoms with Gasteiger partial charge in [0, 0.05) is 50.2 Å². The number of rotatable bonds is 8. The standard InChI is InChI=1S/C34H37N3O3/c1-4-30-32(31(38)23-25(2)37(30)24-26-15-17-29(40-3)18-16-26)34(39)36-21-19-35(20-22-36)33(27-11-7-5-8-12-27)28-13-9-6-10-14-28/h5-18,23,33H,4,19-22,24H2,1-3H3. The second kappa shape index (κ2) is 12.3. The molecule has 1 aliphatic heterocycles. The number of hydrogen-bond donors (Lipinski definition) is 0. The molecule has 4 aromatic rings. The van der Waals surface area contributed by atoms with Crippen LogP contribution in [0.3, 0.4) is 0 Å². The van der Waals surface area contributed by atoms with Gasteiger partial charge < -0.3 is 14.2 Å². The van der Waals surface area contributed by atoms with Crippen LogP contribution in [0.4, 0.5) is 0 Å². The molecule has 206 valence electrons. The molecule has 1 aromatic heterocycles. The second-order valence-electron chi connectivity index (χ2n) is 10.3. The smallest absolute Gasteiger partial charge is 0.259 e. The normalized spacial score (nSPS) is 13.9. The molecule has 1 saturated heterocycles. The van der Waals surface area contributed by atoms with Crippen LogP contribution in [0.5, 0.6) is 5.75 Å². The van der Waals surface area contributed by atoms with Gasteiger partial charge in [0.15, 0.2) is 5.43 Å². The highest BCUT2D eigenvalue weighted by atomic mass is 16.5. The molecule has 0 bridgehead atoms. The largest absolute Gasteiger partial charge is 0.497 e. The number of pyridine rings is 1. The van der Waals surface area contributed by atoms with Crippen molar-refractivity contribution in [3.05, 3.63) is 135 Å². The third-order valence-corrected chi connectivity index (χ3v) is 7.87. The van der Waals surface area contributed by atoms with Crippen molar-refractivity contribution in [3.8, 4) is 5.75 Å². The summed E-state index contributed by atoms with van der Waals surface area (Å²) in [6.45, 7) is 7.14. The topological polar surface area (TPSA) is 54.8 Å². The van der Waals surface area contributed by atoms with Crippen LogP contribution in [0.15, 0.2) is 95.8 Å². The fourth-order valence-electron chi connectivity index (χ4n) is 5.79. The van der Waals surface area contributed by atoms with Crippen LogP contribution in [0.2, 0.25) is 0 Å². The van der Waals surface area contributed by atoms with Gasteiger partial charge in [-0.15, -0.1) is 0 Å². The summed E-state index contributed by atoms with van der Waals surface area (Å²) in [6, 6.07) is 30.7. The Morgan fingerprint density at radius 1 is 0.850 bits per heavy atom. The number of benzene rings is 3. The predicted octanol–water partition coefficient (Wildman–Crippen LogP) is 5.32. The third-order valence-electron chi connectivity index (χ3n) is 7.87. The molecular formula is C34H37N3O3. The molecule has 0 spiro atoms. The van der Waals surface area contributed by atoms with E-state index in [0.29, 0.717) is 31.6 Å². The van der Waals surface area contributed by atoms with E-state index in [0.717, 1.165) is 35.8 Å². The van der Waals surface area contributed by atoms with Crippen LogP contribution in [-0.2, 0) is 13.0 Å². The van der Waals surface area contributed by atoms with E-state index in [1.807, 2.05) is 55.1 Å². The van der Waals surface area contributed by atoms with Gasteiger partial charge in [-0.2, -0.15) is 0 Å². The molecule has 1 aliphatic rings. The van der Waals surface area contributed by atoms with E-state index in [2.05, 4.69) is 58.0 Å². The Kier molecular flexibility index (Phi) is 8.46. The minimum atomic E-state index is -0.195. The fraction of sp³-hybridized carbons (Fsp3) is 0.294. The number of ether oxygens (including phenoxy) is 1. The van der Waals surface area contributed by atoms with Crippen molar-refractivity contribution in [1.82, 2.24) is 14.4 Å². The minimum Gasteiger partial charge on any atom is -0.497 e. The first-order chi connectivity index (χ1) is 19.5. The Morgan fingerprint density at radius 2 is 1.43 bits per heavy atom. The van der Waals surface area contributed by atoms with Gasteiger partial charge in [0.05, 0.1) is 13.2 Å². The van der Waals surface area contributed by atoms with Gasteiger partial charge in [0.1, 0.15) is 11.3 Å². The number of nitrogens with zero attached hydrogens (tertiary/aromatic N) is 3. The molecular weight excluding hydrogens is 498 g/mol. The summed E-state index contributed by atoms with van der Waals surface area (Å²) in [4.78, 5) is 31.4. The van der Waals surface area contributed by atoms with E-state index < -0.39 is 0 Å². The SMILES string of the molecule is CCc1c(C(=O)N2CCN(C(c3ccccc3)c3ccccc3)CC2)c(=O)cc(C)n1Cc1ccc(OC)cc1. The summed E-state index contributed by atoms with van der Waals surface area (Å²) >= 11 is 0. The molecule has 5 rings (SSSR count). The Labute approximate surface area is 236 Å². The molecule has 0 saturated carbocycles. The Balaban J connectivity index is 1.38. The molecule has 0 aliphatic carbocycles. The average molecular weight is 536 g/mol. The van der Waals surface area contributed by atoms with E-state index in [9.17, 15) is 9.59 Å². The van der Waals surface area contributed by atoms with E-state index in [4.69, 9.17) is 4.74 Å². The molecule has 0 radical (unpaired) electrons. The summed E-state index contributed by atoms with van der Waals surface area (Å²) < 4.78 is 7.40. The van der Waals surface area contributed by atoms with E-state index in [-0.39, 0.29) is 17.4 Å². The molecule has 0 N–H and O–H groups in total. The molecule has 2 heterocycles. The second-order valence-corrected chi connectivity index (χ2v) is 10.3. The maximum Gasteiger partial charge on any atom is 0.259 e. The van der Waals surface area contributed by atoms with E-state index in [1.54, 1.807) is 13.2 Å². The van der Waals surface area contributed by atoms with Crippen molar-refractivity contribution in [3.63, 3.8) is 0 Å². The lowest BCUT2D eigenvalue weighted by Gasteiger charge is -2.40. The predicted molar refractivity (Wildman–Crippen MR) is 159 cm³/mol. The first-order valence-corrected chi connectivity index (χ1v) is 14.0. The molecule has 1 amide bonds. The number of carbonyl (C=O) groups excluding carboxylic acids is 1. The number of aromatic nitrogens is 1. The summed E-state index contributed by atoms with van der Waals surface area (Å²) in [5, 5.41) is 0.